The molecule has 1 aliphatic heterocycles. The molecule has 1 heterocycles. The zero-order chi connectivity index (χ0) is 14.9. The van der Waals surface area contributed by atoms with Gasteiger partial charge in [-0.1, -0.05) is 6.92 Å². The van der Waals surface area contributed by atoms with Gasteiger partial charge in [0, 0.05) is 18.7 Å². The molecule has 1 aromatic carbocycles. The van der Waals surface area contributed by atoms with Crippen molar-refractivity contribution in [2.75, 3.05) is 13.1 Å². The molecule has 1 N–H and O–H groups in total. The van der Waals surface area contributed by atoms with E-state index in [2.05, 4.69) is 15.9 Å². The summed E-state index contributed by atoms with van der Waals surface area (Å²) < 4.78 is 13.8. The Kier molecular flexibility index (Phi) is 4.42. The first-order chi connectivity index (χ1) is 9.38. The minimum atomic E-state index is -0.892. The van der Waals surface area contributed by atoms with Gasteiger partial charge in [-0.15, -0.1) is 0 Å². The number of amides is 1. The molecule has 2 unspecified atom stereocenters. The van der Waals surface area contributed by atoms with Gasteiger partial charge in [-0.25, -0.2) is 4.39 Å². The van der Waals surface area contributed by atoms with Crippen LogP contribution in [-0.4, -0.2) is 35.0 Å². The Morgan fingerprint density at radius 2 is 2.10 bits per heavy atom. The Morgan fingerprint density at radius 3 is 2.70 bits per heavy atom. The van der Waals surface area contributed by atoms with Gasteiger partial charge < -0.3 is 10.0 Å². The van der Waals surface area contributed by atoms with E-state index in [0.717, 1.165) is 0 Å². The van der Waals surface area contributed by atoms with Crippen molar-refractivity contribution in [3.05, 3.63) is 34.1 Å². The van der Waals surface area contributed by atoms with E-state index in [4.69, 9.17) is 5.11 Å². The smallest absolute Gasteiger partial charge is 0.308 e. The van der Waals surface area contributed by atoms with E-state index < -0.39 is 17.7 Å². The summed E-state index contributed by atoms with van der Waals surface area (Å²) in [4.78, 5) is 24.9. The molecule has 1 amide bonds. The summed E-state index contributed by atoms with van der Waals surface area (Å²) in [6, 6.07) is 4.18. The third-order valence-corrected chi connectivity index (χ3v) is 4.11. The van der Waals surface area contributed by atoms with Gasteiger partial charge >= 0.3 is 5.97 Å². The summed E-state index contributed by atoms with van der Waals surface area (Å²) in [7, 11) is 0. The van der Waals surface area contributed by atoms with E-state index in [-0.39, 0.29) is 23.9 Å². The second-order valence-corrected chi connectivity index (χ2v) is 6.07. The van der Waals surface area contributed by atoms with Gasteiger partial charge in [-0.05, 0) is 46.5 Å². The fourth-order valence-electron chi connectivity index (χ4n) is 2.51. The zero-order valence-corrected chi connectivity index (χ0v) is 12.6. The van der Waals surface area contributed by atoms with Gasteiger partial charge in [0.05, 0.1) is 10.4 Å². The molecule has 1 saturated heterocycles. The van der Waals surface area contributed by atoms with E-state index in [1.807, 2.05) is 6.92 Å². The summed E-state index contributed by atoms with van der Waals surface area (Å²) in [6.45, 7) is 2.59. The topological polar surface area (TPSA) is 57.6 Å². The van der Waals surface area contributed by atoms with Crippen molar-refractivity contribution in [1.82, 2.24) is 4.90 Å². The Bertz CT molecular complexity index is 549. The highest BCUT2D eigenvalue weighted by Crippen LogP contribution is 2.24. The van der Waals surface area contributed by atoms with Crippen LogP contribution in [0.15, 0.2) is 22.7 Å². The Balaban J connectivity index is 2.19. The highest BCUT2D eigenvalue weighted by atomic mass is 79.9. The van der Waals surface area contributed by atoms with Crippen molar-refractivity contribution in [1.29, 1.82) is 0 Å². The van der Waals surface area contributed by atoms with Crippen LogP contribution in [0.3, 0.4) is 0 Å². The number of likely N-dealkylation sites (tertiary alicyclic amines) is 1. The van der Waals surface area contributed by atoms with Crippen LogP contribution in [0, 0.1) is 17.7 Å². The molecule has 0 aliphatic carbocycles. The van der Waals surface area contributed by atoms with Gasteiger partial charge in [-0.3, -0.25) is 9.59 Å². The van der Waals surface area contributed by atoms with Crippen LogP contribution < -0.4 is 0 Å². The van der Waals surface area contributed by atoms with Crippen LogP contribution in [0.4, 0.5) is 4.39 Å². The van der Waals surface area contributed by atoms with Crippen molar-refractivity contribution in [2.24, 2.45) is 11.8 Å². The SMILES string of the molecule is CC1CC(C(=O)O)CN(C(=O)c2ccc(Br)c(F)c2)C1. The second-order valence-electron chi connectivity index (χ2n) is 5.22. The number of carbonyl (C=O) groups is 2. The maximum atomic E-state index is 13.5. The molecule has 2 atom stereocenters. The lowest BCUT2D eigenvalue weighted by atomic mass is 9.90. The average molecular weight is 344 g/mol. The standard InChI is InChI=1S/C14H15BrFNO3/c1-8-4-10(14(19)20)7-17(6-8)13(18)9-2-3-11(15)12(16)5-9/h2-3,5,8,10H,4,6-7H2,1H3,(H,19,20). The lowest BCUT2D eigenvalue weighted by Gasteiger charge is -2.34. The van der Waals surface area contributed by atoms with Crippen molar-refractivity contribution in [3.8, 4) is 0 Å². The van der Waals surface area contributed by atoms with Crippen LogP contribution in [0.25, 0.3) is 0 Å². The number of rotatable bonds is 2. The lowest BCUT2D eigenvalue weighted by molar-refractivity contribution is -0.143. The highest BCUT2D eigenvalue weighted by Gasteiger charge is 2.32. The van der Waals surface area contributed by atoms with Gasteiger partial charge in [0.25, 0.3) is 5.91 Å². The van der Waals surface area contributed by atoms with Gasteiger partial charge in [-0.2, -0.15) is 0 Å². The van der Waals surface area contributed by atoms with Crippen molar-refractivity contribution < 1.29 is 19.1 Å². The molecule has 1 aromatic rings. The molecule has 4 nitrogen and oxygen atoms in total. The summed E-state index contributed by atoms with van der Waals surface area (Å²) >= 11 is 3.04. The molecule has 1 aliphatic rings. The molecule has 6 heteroatoms. The number of nitrogens with zero attached hydrogens (tertiary/aromatic N) is 1. The minimum absolute atomic E-state index is 0.120. The highest BCUT2D eigenvalue weighted by molar-refractivity contribution is 9.10. The number of benzene rings is 1. The number of carbonyl (C=O) groups excluding carboxylic acids is 1. The number of hydrogen-bond donors (Lipinski definition) is 1. The van der Waals surface area contributed by atoms with Gasteiger partial charge in [0.15, 0.2) is 0 Å². The molecule has 20 heavy (non-hydrogen) atoms. The van der Waals surface area contributed by atoms with E-state index in [1.54, 1.807) is 0 Å². The molecule has 0 spiro atoms. The fourth-order valence-corrected chi connectivity index (χ4v) is 2.75. The first-order valence-corrected chi connectivity index (χ1v) is 7.15. The normalized spacial score (nSPS) is 22.6. The molecule has 0 saturated carbocycles. The van der Waals surface area contributed by atoms with Gasteiger partial charge in [0.1, 0.15) is 5.82 Å². The quantitative estimate of drug-likeness (QED) is 0.898. The van der Waals surface area contributed by atoms with E-state index in [1.165, 1.54) is 23.1 Å². The molecule has 2 rings (SSSR count). The minimum Gasteiger partial charge on any atom is -0.481 e. The van der Waals surface area contributed by atoms with E-state index >= 15 is 0 Å². The number of aliphatic carboxylic acids is 1. The average Bonchev–Trinajstić information content (AvgIpc) is 2.40. The van der Waals surface area contributed by atoms with Crippen LogP contribution in [0.5, 0.6) is 0 Å². The van der Waals surface area contributed by atoms with Crippen molar-refractivity contribution >= 4 is 27.8 Å². The maximum absolute atomic E-state index is 13.5. The molecule has 0 radical (unpaired) electrons. The van der Waals surface area contributed by atoms with Crippen molar-refractivity contribution in [3.63, 3.8) is 0 Å². The third kappa shape index (κ3) is 3.17. The molecular formula is C14H15BrFNO3. The Morgan fingerprint density at radius 1 is 1.40 bits per heavy atom. The summed E-state index contributed by atoms with van der Waals surface area (Å²) in [5, 5.41) is 9.10. The largest absolute Gasteiger partial charge is 0.481 e. The van der Waals surface area contributed by atoms with Gasteiger partial charge in [0.2, 0.25) is 0 Å². The Hall–Kier alpha value is -1.43. The summed E-state index contributed by atoms with van der Waals surface area (Å²) in [5.41, 5.74) is 0.240. The summed E-state index contributed by atoms with van der Waals surface area (Å²) in [5.74, 6) is -2.15. The second kappa shape index (κ2) is 5.91. The maximum Gasteiger partial charge on any atom is 0.308 e. The number of carboxylic acid groups (broad SMARTS) is 1. The monoisotopic (exact) mass is 343 g/mol. The molecule has 0 bridgehead atoms. The predicted octanol–water partition coefficient (Wildman–Crippen LogP) is 2.77. The fraction of sp³-hybridized carbons (Fsp3) is 0.429. The molecule has 108 valence electrons. The predicted molar refractivity (Wildman–Crippen MR) is 74.9 cm³/mol. The Labute approximate surface area is 124 Å². The number of carboxylic acids is 1. The van der Waals surface area contributed by atoms with Crippen LogP contribution in [-0.2, 0) is 4.79 Å². The zero-order valence-electron chi connectivity index (χ0n) is 11.0. The first kappa shape index (κ1) is 15.0. The molecule has 0 aromatic heterocycles. The molecule has 1 fully saturated rings. The van der Waals surface area contributed by atoms with Crippen molar-refractivity contribution in [2.45, 2.75) is 13.3 Å². The lowest BCUT2D eigenvalue weighted by Crippen LogP contribution is -2.45. The third-order valence-electron chi connectivity index (χ3n) is 3.46. The van der Waals surface area contributed by atoms with Crippen LogP contribution in [0.1, 0.15) is 23.7 Å². The first-order valence-electron chi connectivity index (χ1n) is 6.35. The number of hydrogen-bond acceptors (Lipinski definition) is 2. The summed E-state index contributed by atoms with van der Waals surface area (Å²) in [6.07, 6.45) is 0.563. The van der Waals surface area contributed by atoms with E-state index in [0.29, 0.717) is 17.4 Å². The molecular weight excluding hydrogens is 329 g/mol. The van der Waals surface area contributed by atoms with E-state index in [9.17, 15) is 14.0 Å². The number of piperidine rings is 1. The van der Waals surface area contributed by atoms with Crippen LogP contribution >= 0.6 is 15.9 Å². The number of halogens is 2. The van der Waals surface area contributed by atoms with Crippen LogP contribution in [0.2, 0.25) is 0 Å².